The minimum atomic E-state index is -5.08. The van der Waals surface area contributed by atoms with Crippen molar-refractivity contribution in [1.29, 1.82) is 0 Å². The molecule has 1 aromatic carbocycles. The highest BCUT2D eigenvalue weighted by Crippen LogP contribution is 2.28. The molecule has 0 atom stereocenters. The van der Waals surface area contributed by atoms with Crippen LogP contribution >= 0.6 is 0 Å². The molecule has 1 aliphatic heterocycles. The second kappa shape index (κ2) is 14.8. The van der Waals surface area contributed by atoms with E-state index < -0.39 is 24.3 Å². The number of carboxylic acid groups (broad SMARTS) is 2. The number of halogens is 6. The van der Waals surface area contributed by atoms with Crippen molar-refractivity contribution >= 4 is 29.4 Å². The summed E-state index contributed by atoms with van der Waals surface area (Å²) < 4.78 is 63.5. The molecule has 1 aliphatic rings. The van der Waals surface area contributed by atoms with E-state index in [0.29, 0.717) is 18.5 Å². The average molecular weight is 652 g/mol. The van der Waals surface area contributed by atoms with Gasteiger partial charge in [-0.1, -0.05) is 12.1 Å². The quantitative estimate of drug-likeness (QED) is 0.190. The summed E-state index contributed by atoms with van der Waals surface area (Å²) in [5, 5.41) is 20.0. The third kappa shape index (κ3) is 10.2. The second-order valence-corrected chi connectivity index (χ2v) is 9.27. The summed E-state index contributed by atoms with van der Waals surface area (Å²) in [6.45, 7) is 0.652. The van der Waals surface area contributed by atoms with Crippen molar-refractivity contribution in [1.82, 2.24) is 20.3 Å². The first-order chi connectivity index (χ1) is 21.5. The highest BCUT2D eigenvalue weighted by molar-refractivity contribution is 5.98. The number of anilines is 1. The van der Waals surface area contributed by atoms with Crippen LogP contribution in [-0.2, 0) is 27.2 Å². The lowest BCUT2D eigenvalue weighted by atomic mass is 10.1. The van der Waals surface area contributed by atoms with Gasteiger partial charge in [-0.3, -0.25) is 19.6 Å². The Labute approximate surface area is 255 Å². The van der Waals surface area contributed by atoms with Gasteiger partial charge >= 0.3 is 24.3 Å². The molecule has 0 saturated carbocycles. The minimum Gasteiger partial charge on any atom is -0.475 e. The first-order valence-corrected chi connectivity index (χ1v) is 12.9. The van der Waals surface area contributed by atoms with E-state index in [1.807, 2.05) is 54.6 Å². The lowest BCUT2D eigenvalue weighted by Gasteiger charge is -2.11. The molecule has 242 valence electrons. The van der Waals surface area contributed by atoms with Crippen LogP contribution in [0.15, 0.2) is 73.2 Å². The Morgan fingerprint density at radius 2 is 1.41 bits per heavy atom. The van der Waals surface area contributed by atoms with Crippen LogP contribution in [0.2, 0.25) is 0 Å². The number of nitrogens with one attached hydrogen (secondary N) is 3. The summed E-state index contributed by atoms with van der Waals surface area (Å²) in [6.07, 6.45) is -3.96. The summed E-state index contributed by atoms with van der Waals surface area (Å²) >= 11 is 0. The lowest BCUT2D eigenvalue weighted by Crippen LogP contribution is -2.31. The van der Waals surface area contributed by atoms with E-state index >= 15 is 0 Å². The molecular weight excluding hydrogens is 628 g/mol. The minimum absolute atomic E-state index is 0.0374. The molecule has 0 unspecified atom stereocenters. The standard InChI is InChI=1S/C25H21N5O2.2C2HF3O2/c31-24(13-16-5-9-26-10-6-16)29-19-3-1-17(2-4-19)22-14-18(7-11-27-22)23-15-20-21(30-23)8-12-28-25(20)32;2*3-2(4,5)1(6)7/h1-7,9-11,14-15,30H,8,12-13H2,(H,28,32)(H,29,31);2*(H,6,7). The maximum absolute atomic E-state index is 12.3. The molecule has 0 spiro atoms. The number of alkyl halides is 6. The van der Waals surface area contributed by atoms with Gasteiger partial charge in [0.05, 0.1) is 17.7 Å². The maximum Gasteiger partial charge on any atom is 0.490 e. The first kappa shape index (κ1) is 34.7. The number of H-pyrrole nitrogens is 1. The molecule has 46 heavy (non-hydrogen) atoms. The molecule has 3 aromatic heterocycles. The summed E-state index contributed by atoms with van der Waals surface area (Å²) in [4.78, 5) is 53.9. The molecule has 4 aromatic rings. The van der Waals surface area contributed by atoms with Gasteiger partial charge in [-0.25, -0.2) is 9.59 Å². The number of benzene rings is 1. The topological polar surface area (TPSA) is 174 Å². The number of aromatic amines is 1. The number of fused-ring (bicyclic) bond motifs is 1. The van der Waals surface area contributed by atoms with E-state index in [0.717, 1.165) is 45.9 Å². The fourth-order valence-corrected chi connectivity index (χ4v) is 3.82. The first-order valence-electron chi connectivity index (χ1n) is 12.9. The molecule has 0 radical (unpaired) electrons. The van der Waals surface area contributed by atoms with E-state index in [1.54, 1.807) is 18.6 Å². The number of nitrogens with zero attached hydrogens (tertiary/aromatic N) is 2. The lowest BCUT2D eigenvalue weighted by molar-refractivity contribution is -0.193. The van der Waals surface area contributed by atoms with Crippen LogP contribution in [0.25, 0.3) is 22.5 Å². The van der Waals surface area contributed by atoms with Gasteiger partial charge in [-0.15, -0.1) is 0 Å². The zero-order chi connectivity index (χ0) is 34.1. The van der Waals surface area contributed by atoms with Gasteiger partial charge < -0.3 is 25.8 Å². The van der Waals surface area contributed by atoms with E-state index in [-0.39, 0.29) is 11.8 Å². The number of carbonyl (C=O) groups is 4. The zero-order valence-corrected chi connectivity index (χ0v) is 23.2. The van der Waals surface area contributed by atoms with Crippen molar-refractivity contribution in [2.24, 2.45) is 0 Å². The molecule has 5 N–H and O–H groups in total. The van der Waals surface area contributed by atoms with Gasteiger partial charge in [0.25, 0.3) is 5.91 Å². The van der Waals surface area contributed by atoms with Crippen molar-refractivity contribution in [2.45, 2.75) is 25.2 Å². The smallest absolute Gasteiger partial charge is 0.475 e. The zero-order valence-electron chi connectivity index (χ0n) is 23.2. The molecule has 0 fully saturated rings. The van der Waals surface area contributed by atoms with Gasteiger partial charge in [0.2, 0.25) is 5.91 Å². The van der Waals surface area contributed by atoms with Crippen molar-refractivity contribution in [3.8, 4) is 22.5 Å². The Morgan fingerprint density at radius 1 is 0.826 bits per heavy atom. The normalized spacial score (nSPS) is 12.3. The predicted molar refractivity (Wildman–Crippen MR) is 149 cm³/mol. The fraction of sp³-hybridized carbons (Fsp3) is 0.172. The SMILES string of the molecule is O=C(Cc1ccncc1)Nc1ccc(-c2cc(-c3cc4c([nH]3)CCNC4=O)ccn2)cc1.O=C(O)C(F)(F)F.O=C(O)C(F)(F)F. The number of rotatable bonds is 5. The summed E-state index contributed by atoms with van der Waals surface area (Å²) in [5.74, 6) is -5.63. The number of amides is 2. The van der Waals surface area contributed by atoms with Crippen molar-refractivity contribution in [3.05, 3.63) is 90.0 Å². The van der Waals surface area contributed by atoms with Crippen LogP contribution in [0.1, 0.15) is 21.6 Å². The summed E-state index contributed by atoms with van der Waals surface area (Å²) in [6, 6.07) is 17.1. The van der Waals surface area contributed by atoms with Gasteiger partial charge in [0.15, 0.2) is 0 Å². The predicted octanol–water partition coefficient (Wildman–Crippen LogP) is 4.87. The molecule has 11 nitrogen and oxygen atoms in total. The van der Waals surface area contributed by atoms with Crippen LogP contribution in [0.3, 0.4) is 0 Å². The van der Waals surface area contributed by atoms with Crippen LogP contribution in [-0.4, -0.2) is 67.8 Å². The van der Waals surface area contributed by atoms with Crippen LogP contribution in [0.5, 0.6) is 0 Å². The van der Waals surface area contributed by atoms with Crippen molar-refractivity contribution < 1.29 is 55.7 Å². The largest absolute Gasteiger partial charge is 0.490 e. The Kier molecular flexibility index (Phi) is 11.2. The monoisotopic (exact) mass is 651 g/mol. The Balaban J connectivity index is 0.000000345. The van der Waals surface area contributed by atoms with Crippen LogP contribution in [0, 0.1) is 0 Å². The van der Waals surface area contributed by atoms with E-state index in [2.05, 4.69) is 25.6 Å². The molecular formula is C29H23F6N5O6. The molecule has 5 rings (SSSR count). The third-order valence-electron chi connectivity index (χ3n) is 5.94. The van der Waals surface area contributed by atoms with Gasteiger partial charge in [-0.05, 0) is 48.0 Å². The fourth-order valence-electron chi connectivity index (χ4n) is 3.82. The number of aliphatic carboxylic acids is 2. The van der Waals surface area contributed by atoms with Crippen molar-refractivity contribution in [3.63, 3.8) is 0 Å². The Bertz CT molecular complexity index is 1670. The van der Waals surface area contributed by atoms with Crippen LogP contribution in [0.4, 0.5) is 32.0 Å². The van der Waals surface area contributed by atoms with Gasteiger partial charge in [0.1, 0.15) is 0 Å². The highest BCUT2D eigenvalue weighted by Gasteiger charge is 2.38. The second-order valence-electron chi connectivity index (χ2n) is 9.27. The van der Waals surface area contributed by atoms with Crippen molar-refractivity contribution in [2.75, 3.05) is 11.9 Å². The highest BCUT2D eigenvalue weighted by atomic mass is 19.4. The summed E-state index contributed by atoms with van der Waals surface area (Å²) in [7, 11) is 0. The number of hydrogen-bond donors (Lipinski definition) is 5. The number of hydrogen-bond acceptors (Lipinski definition) is 6. The van der Waals surface area contributed by atoms with E-state index in [9.17, 15) is 35.9 Å². The number of carboxylic acids is 2. The van der Waals surface area contributed by atoms with E-state index in [1.165, 1.54) is 0 Å². The average Bonchev–Trinajstić information content (AvgIpc) is 3.44. The molecule has 0 aliphatic carbocycles. The third-order valence-corrected chi connectivity index (χ3v) is 5.94. The number of aromatic nitrogens is 3. The Hall–Kier alpha value is -5.74. The Morgan fingerprint density at radius 3 is 1.96 bits per heavy atom. The number of carbonyl (C=O) groups excluding carboxylic acids is 2. The summed E-state index contributed by atoms with van der Waals surface area (Å²) in [5.41, 5.74) is 6.93. The molecule has 17 heteroatoms. The van der Waals surface area contributed by atoms with Gasteiger partial charge in [-0.2, -0.15) is 26.3 Å². The molecule has 0 bridgehead atoms. The molecule has 4 heterocycles. The van der Waals surface area contributed by atoms with E-state index in [4.69, 9.17) is 19.8 Å². The number of pyridine rings is 2. The maximum atomic E-state index is 12.3. The molecule has 2 amide bonds. The molecule has 0 saturated heterocycles. The van der Waals surface area contributed by atoms with Gasteiger partial charge in [0, 0.05) is 59.8 Å². The van der Waals surface area contributed by atoms with Crippen LogP contribution < -0.4 is 10.6 Å².